The quantitative estimate of drug-likeness (QED) is 0.561. The molecule has 0 radical (unpaired) electrons. The van der Waals surface area contributed by atoms with Gasteiger partial charge in [0.25, 0.3) is 5.91 Å². The zero-order chi connectivity index (χ0) is 26.8. The molecule has 1 saturated heterocycles. The minimum atomic E-state index is -3.41. The number of nitrogens with zero attached hydrogens (tertiary/aromatic N) is 3. The van der Waals surface area contributed by atoms with Gasteiger partial charge in [-0.2, -0.15) is 0 Å². The van der Waals surface area contributed by atoms with E-state index in [1.54, 1.807) is 18.7 Å². The van der Waals surface area contributed by atoms with E-state index in [0.29, 0.717) is 45.4 Å². The summed E-state index contributed by atoms with van der Waals surface area (Å²) < 4.78 is 26.4. The number of sulfonamides is 1. The molecule has 1 spiro atoms. The van der Waals surface area contributed by atoms with Gasteiger partial charge in [0.15, 0.2) is 0 Å². The molecule has 37 heavy (non-hydrogen) atoms. The van der Waals surface area contributed by atoms with Gasteiger partial charge in [-0.25, -0.2) is 18.2 Å². The highest BCUT2D eigenvalue weighted by Gasteiger charge is 2.47. The molecule has 0 atom stereocenters. The summed E-state index contributed by atoms with van der Waals surface area (Å²) in [5.74, 6) is -0.428. The fourth-order valence-corrected chi connectivity index (χ4v) is 6.16. The maximum atomic E-state index is 13.6. The lowest BCUT2D eigenvalue weighted by atomic mass is 9.74. The molecule has 0 aromatic heterocycles. The summed E-state index contributed by atoms with van der Waals surface area (Å²) in [6, 6.07) is 17.4. The van der Waals surface area contributed by atoms with Crippen LogP contribution >= 0.6 is 0 Å². The molecule has 4 rings (SSSR count). The molecule has 10 heteroatoms. The van der Waals surface area contributed by atoms with Gasteiger partial charge in [-0.3, -0.25) is 14.5 Å². The Morgan fingerprint density at radius 1 is 1.05 bits per heavy atom. The van der Waals surface area contributed by atoms with Gasteiger partial charge in [0.1, 0.15) is 0 Å². The van der Waals surface area contributed by atoms with E-state index in [1.807, 2.05) is 54.6 Å². The molecule has 2 heterocycles. The highest BCUT2D eigenvalue weighted by molar-refractivity contribution is 7.92. The molecule has 200 valence electrons. The molecule has 0 aliphatic carbocycles. The highest BCUT2D eigenvalue weighted by atomic mass is 32.2. The molecule has 0 saturated carbocycles. The smallest absolute Gasteiger partial charge is 0.323 e. The maximum absolute atomic E-state index is 13.6. The van der Waals surface area contributed by atoms with Crippen molar-refractivity contribution in [2.45, 2.75) is 50.5 Å². The first-order chi connectivity index (χ1) is 17.4. The van der Waals surface area contributed by atoms with Gasteiger partial charge in [-0.1, -0.05) is 48.5 Å². The third kappa shape index (κ3) is 5.91. The molecular weight excluding hydrogens is 490 g/mol. The second-order valence-corrected chi connectivity index (χ2v) is 12.6. The minimum absolute atomic E-state index is 0.272. The van der Waals surface area contributed by atoms with E-state index >= 15 is 0 Å². The van der Waals surface area contributed by atoms with Gasteiger partial charge in [-0.05, 0) is 56.7 Å². The second-order valence-electron chi connectivity index (χ2n) is 10.7. The SMILES string of the molecule is CC(C)(N)C(=O)NN(CCCc1ccccc1)C(=O)N1CCC2(CC1)CN(S(C)(=O)=O)c1ccccc12. The van der Waals surface area contributed by atoms with Crippen molar-refractivity contribution in [1.82, 2.24) is 15.3 Å². The molecule has 3 N–H and O–H groups in total. The molecule has 3 amide bonds. The van der Waals surface area contributed by atoms with Crippen LogP contribution in [0.25, 0.3) is 0 Å². The minimum Gasteiger partial charge on any atom is -0.323 e. The molecular formula is C27H37N5O4S. The summed E-state index contributed by atoms with van der Waals surface area (Å²) in [6.45, 7) is 4.85. The van der Waals surface area contributed by atoms with Crippen LogP contribution in [0.5, 0.6) is 0 Å². The van der Waals surface area contributed by atoms with Crippen molar-refractivity contribution in [3.8, 4) is 0 Å². The van der Waals surface area contributed by atoms with E-state index in [4.69, 9.17) is 5.73 Å². The van der Waals surface area contributed by atoms with E-state index in [-0.39, 0.29) is 11.4 Å². The first-order valence-electron chi connectivity index (χ1n) is 12.7. The third-order valence-electron chi connectivity index (χ3n) is 7.32. The number of para-hydroxylation sites is 1. The Labute approximate surface area is 219 Å². The molecule has 0 unspecified atom stereocenters. The van der Waals surface area contributed by atoms with E-state index in [2.05, 4.69) is 5.43 Å². The number of benzene rings is 2. The highest BCUT2D eigenvalue weighted by Crippen LogP contribution is 2.47. The van der Waals surface area contributed by atoms with E-state index < -0.39 is 21.5 Å². The maximum Gasteiger partial charge on any atom is 0.338 e. The number of amides is 3. The van der Waals surface area contributed by atoms with Crippen molar-refractivity contribution in [2.75, 3.05) is 36.7 Å². The van der Waals surface area contributed by atoms with Crippen LogP contribution in [0.3, 0.4) is 0 Å². The lowest BCUT2D eigenvalue weighted by molar-refractivity contribution is -0.129. The Bertz CT molecular complexity index is 1230. The van der Waals surface area contributed by atoms with Crippen LogP contribution in [-0.2, 0) is 26.7 Å². The Morgan fingerprint density at radius 3 is 2.30 bits per heavy atom. The number of anilines is 1. The number of piperidine rings is 1. The lowest BCUT2D eigenvalue weighted by Crippen LogP contribution is -2.60. The summed E-state index contributed by atoms with van der Waals surface area (Å²) in [6.07, 6.45) is 3.95. The molecule has 2 aromatic carbocycles. The predicted octanol–water partition coefficient (Wildman–Crippen LogP) is 2.62. The van der Waals surface area contributed by atoms with Crippen molar-refractivity contribution in [1.29, 1.82) is 0 Å². The Balaban J connectivity index is 1.46. The fourth-order valence-electron chi connectivity index (χ4n) is 5.16. The first-order valence-corrected chi connectivity index (χ1v) is 14.5. The topological polar surface area (TPSA) is 116 Å². The van der Waals surface area contributed by atoms with Crippen molar-refractivity contribution < 1.29 is 18.0 Å². The zero-order valence-corrected chi connectivity index (χ0v) is 22.6. The predicted molar refractivity (Wildman–Crippen MR) is 144 cm³/mol. The number of carbonyl (C=O) groups is 2. The van der Waals surface area contributed by atoms with Gasteiger partial charge in [0.2, 0.25) is 10.0 Å². The number of aryl methyl sites for hydroxylation is 1. The van der Waals surface area contributed by atoms with Gasteiger partial charge < -0.3 is 10.6 Å². The monoisotopic (exact) mass is 527 g/mol. The number of fused-ring (bicyclic) bond motifs is 2. The molecule has 2 aliphatic rings. The third-order valence-corrected chi connectivity index (χ3v) is 8.45. The number of rotatable bonds is 6. The summed E-state index contributed by atoms with van der Waals surface area (Å²) >= 11 is 0. The second kappa shape index (κ2) is 10.3. The molecule has 2 aliphatic heterocycles. The first kappa shape index (κ1) is 26.9. The molecule has 9 nitrogen and oxygen atoms in total. The van der Waals surface area contributed by atoms with Crippen LogP contribution in [0.2, 0.25) is 0 Å². The van der Waals surface area contributed by atoms with Crippen LogP contribution in [0, 0.1) is 0 Å². The van der Waals surface area contributed by atoms with Crippen LogP contribution in [-0.4, -0.2) is 68.2 Å². The van der Waals surface area contributed by atoms with Crippen LogP contribution in [0.15, 0.2) is 54.6 Å². The number of nitrogens with two attached hydrogens (primary N) is 1. The largest absolute Gasteiger partial charge is 0.338 e. The number of hydrogen-bond acceptors (Lipinski definition) is 5. The van der Waals surface area contributed by atoms with Crippen molar-refractivity contribution in [3.05, 3.63) is 65.7 Å². The number of nitrogens with one attached hydrogen (secondary N) is 1. The van der Waals surface area contributed by atoms with Crippen LogP contribution in [0.4, 0.5) is 10.5 Å². The van der Waals surface area contributed by atoms with Gasteiger partial charge in [-0.15, -0.1) is 0 Å². The van der Waals surface area contributed by atoms with Gasteiger partial charge in [0.05, 0.1) is 17.5 Å². The zero-order valence-electron chi connectivity index (χ0n) is 21.8. The van der Waals surface area contributed by atoms with Crippen molar-refractivity contribution in [3.63, 3.8) is 0 Å². The van der Waals surface area contributed by atoms with Crippen LogP contribution < -0.4 is 15.5 Å². The van der Waals surface area contributed by atoms with Crippen LogP contribution in [0.1, 0.15) is 44.2 Å². The Kier molecular flexibility index (Phi) is 7.52. The summed E-state index contributed by atoms with van der Waals surface area (Å²) in [7, 11) is -3.41. The standard InChI is InChI=1S/C27H37N5O4S/c1-26(2,28)24(33)29-31(17-9-12-21-10-5-4-6-11-21)25(34)30-18-15-27(16-19-30)20-32(37(3,35)36)23-14-8-7-13-22(23)27/h4-8,10-11,13-14H,9,12,15-20,28H2,1-3H3,(H,29,33). The Morgan fingerprint density at radius 2 is 1.68 bits per heavy atom. The number of hydrazine groups is 1. The van der Waals surface area contributed by atoms with Gasteiger partial charge in [0, 0.05) is 31.6 Å². The fraction of sp³-hybridized carbons (Fsp3) is 0.481. The summed E-state index contributed by atoms with van der Waals surface area (Å²) in [4.78, 5) is 28.0. The van der Waals surface area contributed by atoms with E-state index in [1.165, 1.54) is 15.6 Å². The summed E-state index contributed by atoms with van der Waals surface area (Å²) in [5.41, 5.74) is 10.2. The molecule has 0 bridgehead atoms. The number of hydrogen-bond donors (Lipinski definition) is 2. The number of urea groups is 1. The van der Waals surface area contributed by atoms with E-state index in [9.17, 15) is 18.0 Å². The van der Waals surface area contributed by atoms with E-state index in [0.717, 1.165) is 23.2 Å². The Hall–Kier alpha value is -3.11. The number of carbonyl (C=O) groups excluding carboxylic acids is 2. The summed E-state index contributed by atoms with van der Waals surface area (Å²) in [5, 5.41) is 1.38. The lowest BCUT2D eigenvalue weighted by Gasteiger charge is -2.41. The number of likely N-dealkylation sites (tertiary alicyclic amines) is 1. The van der Waals surface area contributed by atoms with Gasteiger partial charge >= 0.3 is 6.03 Å². The van der Waals surface area contributed by atoms with Crippen molar-refractivity contribution >= 4 is 27.6 Å². The average molecular weight is 528 g/mol. The molecule has 1 fully saturated rings. The molecule has 2 aromatic rings. The normalized spacial score (nSPS) is 17.0. The average Bonchev–Trinajstić information content (AvgIpc) is 3.18. The van der Waals surface area contributed by atoms with Crippen molar-refractivity contribution in [2.24, 2.45) is 5.73 Å².